The van der Waals surface area contributed by atoms with Crippen LogP contribution in [0.1, 0.15) is 32.3 Å². The third-order valence-corrected chi connectivity index (χ3v) is 5.27. The number of hydrogen-bond donors (Lipinski definition) is 1. The van der Waals surface area contributed by atoms with Gasteiger partial charge in [-0.25, -0.2) is 0 Å². The number of nitrogens with zero attached hydrogens (tertiary/aromatic N) is 1. The Balaban J connectivity index is 2.16. The van der Waals surface area contributed by atoms with Crippen molar-refractivity contribution in [1.29, 1.82) is 0 Å². The van der Waals surface area contributed by atoms with Gasteiger partial charge in [0.25, 0.3) is 0 Å². The number of likely N-dealkylation sites (tertiary alicyclic amines) is 1. The van der Waals surface area contributed by atoms with Crippen LogP contribution < -0.4 is 0 Å². The van der Waals surface area contributed by atoms with Crippen molar-refractivity contribution in [3.05, 3.63) is 35.9 Å². The molecule has 0 aromatic heterocycles. The van der Waals surface area contributed by atoms with Crippen LogP contribution in [-0.4, -0.2) is 43.2 Å². The van der Waals surface area contributed by atoms with E-state index in [1.54, 1.807) is 0 Å². The molecule has 0 bridgehead atoms. The normalized spacial score (nSPS) is 20.5. The number of hydrogen-bond acceptors (Lipinski definition) is 2. The summed E-state index contributed by atoms with van der Waals surface area (Å²) in [4.78, 5) is 2.36. The van der Waals surface area contributed by atoms with E-state index in [9.17, 15) is 5.11 Å². The quantitative estimate of drug-likeness (QED) is 0.859. The fourth-order valence-corrected chi connectivity index (χ4v) is 3.34. The Labute approximate surface area is 117 Å². The zero-order valence-corrected chi connectivity index (χ0v) is 12.8. The van der Waals surface area contributed by atoms with E-state index in [2.05, 4.69) is 27.4 Å². The summed E-state index contributed by atoms with van der Waals surface area (Å²) in [6, 6.07) is 9.92. The molecule has 2 rings (SSSR count). The standard InChI is InChI=1S/C15H21NOSe/c1-12(14(18)16-10-6-7-11-16)15(2,17)13-8-4-3-5-9-13/h3-5,8-9,12,17H,6-7,10-11H2,1-2H3/t12-,15-/m1/s1. The van der Waals surface area contributed by atoms with Crippen LogP contribution in [0.3, 0.4) is 0 Å². The Hall–Kier alpha value is -0.631. The van der Waals surface area contributed by atoms with Crippen LogP contribution in [0.15, 0.2) is 30.3 Å². The second-order valence-electron chi connectivity index (χ2n) is 5.27. The van der Waals surface area contributed by atoms with Crippen molar-refractivity contribution in [2.45, 2.75) is 32.3 Å². The third kappa shape index (κ3) is 2.69. The zero-order chi connectivity index (χ0) is 13.2. The number of rotatable bonds is 4. The molecular weight excluding hydrogens is 289 g/mol. The van der Waals surface area contributed by atoms with Gasteiger partial charge in [0.05, 0.1) is 0 Å². The molecule has 1 N–H and O–H groups in total. The van der Waals surface area contributed by atoms with Crippen LogP contribution in [0.2, 0.25) is 0 Å². The zero-order valence-electron chi connectivity index (χ0n) is 11.1. The number of benzene rings is 1. The Morgan fingerprint density at radius 2 is 1.83 bits per heavy atom. The molecule has 2 atom stereocenters. The van der Waals surface area contributed by atoms with Crippen molar-refractivity contribution in [1.82, 2.24) is 4.90 Å². The Kier molecular flexibility index (Phi) is 4.26. The molecule has 0 saturated carbocycles. The summed E-state index contributed by atoms with van der Waals surface area (Å²) in [6.45, 7) is 6.21. The molecule has 0 unspecified atom stereocenters. The average Bonchev–Trinajstić information content (AvgIpc) is 2.92. The Morgan fingerprint density at radius 3 is 2.39 bits per heavy atom. The molecule has 0 spiro atoms. The van der Waals surface area contributed by atoms with E-state index in [1.165, 1.54) is 17.4 Å². The van der Waals surface area contributed by atoms with Gasteiger partial charge in [-0.15, -0.1) is 0 Å². The van der Waals surface area contributed by atoms with E-state index >= 15 is 0 Å². The molecule has 1 fully saturated rings. The molecule has 0 radical (unpaired) electrons. The molecule has 1 aromatic carbocycles. The Bertz CT molecular complexity index is 410. The first-order valence-electron chi connectivity index (χ1n) is 6.60. The second kappa shape index (κ2) is 5.56. The second-order valence-corrected chi connectivity index (χ2v) is 6.15. The van der Waals surface area contributed by atoms with Crippen molar-refractivity contribution in [3.63, 3.8) is 0 Å². The average molecular weight is 310 g/mol. The molecule has 1 aliphatic heterocycles. The van der Waals surface area contributed by atoms with E-state index in [0.717, 1.165) is 18.7 Å². The van der Waals surface area contributed by atoms with Gasteiger partial charge in [0, 0.05) is 0 Å². The Morgan fingerprint density at radius 1 is 1.28 bits per heavy atom. The SMILES string of the molecule is C[C@H](C(=[Se])N1CCCC1)[C@@](C)(O)c1ccccc1. The first-order valence-corrected chi connectivity index (χ1v) is 7.46. The van der Waals surface area contributed by atoms with Gasteiger partial charge in [0.1, 0.15) is 0 Å². The van der Waals surface area contributed by atoms with Crippen LogP contribution in [0.25, 0.3) is 0 Å². The van der Waals surface area contributed by atoms with Gasteiger partial charge in [-0.3, -0.25) is 0 Å². The van der Waals surface area contributed by atoms with Gasteiger partial charge < -0.3 is 0 Å². The minimum atomic E-state index is -0.829. The molecule has 0 amide bonds. The summed E-state index contributed by atoms with van der Waals surface area (Å²) in [5.74, 6) is 0.0815. The van der Waals surface area contributed by atoms with Crippen LogP contribution in [0, 0.1) is 5.92 Å². The predicted octanol–water partition coefficient (Wildman–Crippen LogP) is 1.92. The molecule has 1 aromatic rings. The van der Waals surface area contributed by atoms with Gasteiger partial charge >= 0.3 is 117 Å². The summed E-state index contributed by atoms with van der Waals surface area (Å²) in [5.41, 5.74) is 0.147. The van der Waals surface area contributed by atoms with Crippen LogP contribution in [0.5, 0.6) is 0 Å². The predicted molar refractivity (Wildman–Crippen MR) is 76.7 cm³/mol. The van der Waals surface area contributed by atoms with Crippen LogP contribution >= 0.6 is 0 Å². The summed E-state index contributed by atoms with van der Waals surface area (Å²) >= 11 is 3.18. The third-order valence-electron chi connectivity index (χ3n) is 3.99. The first-order chi connectivity index (χ1) is 8.53. The summed E-state index contributed by atoms with van der Waals surface area (Å²) in [5, 5.41) is 10.8. The summed E-state index contributed by atoms with van der Waals surface area (Å²) < 4.78 is 1.18. The minimum absolute atomic E-state index is 0.0815. The van der Waals surface area contributed by atoms with Crippen molar-refractivity contribution in [3.8, 4) is 0 Å². The van der Waals surface area contributed by atoms with E-state index in [-0.39, 0.29) is 5.92 Å². The number of aliphatic hydroxyl groups is 1. The topological polar surface area (TPSA) is 23.5 Å². The van der Waals surface area contributed by atoms with Gasteiger partial charge in [0.15, 0.2) is 0 Å². The first kappa shape index (κ1) is 13.8. The van der Waals surface area contributed by atoms with Gasteiger partial charge in [-0.1, -0.05) is 0 Å². The maximum atomic E-state index is 10.8. The molecular formula is C15H21NOSe. The molecule has 1 saturated heterocycles. The van der Waals surface area contributed by atoms with E-state index < -0.39 is 5.60 Å². The van der Waals surface area contributed by atoms with Gasteiger partial charge in [-0.05, 0) is 0 Å². The molecule has 1 aliphatic rings. The van der Waals surface area contributed by atoms with Crippen molar-refractivity contribution in [2.24, 2.45) is 5.92 Å². The monoisotopic (exact) mass is 311 g/mol. The molecule has 2 nitrogen and oxygen atoms in total. The summed E-state index contributed by atoms with van der Waals surface area (Å²) in [6.07, 6.45) is 2.51. The maximum absolute atomic E-state index is 10.8. The van der Waals surface area contributed by atoms with Gasteiger partial charge in [-0.2, -0.15) is 0 Å². The van der Waals surface area contributed by atoms with Crippen molar-refractivity contribution >= 4 is 20.1 Å². The van der Waals surface area contributed by atoms with Gasteiger partial charge in [0.2, 0.25) is 0 Å². The van der Waals surface area contributed by atoms with E-state index in [0.29, 0.717) is 0 Å². The molecule has 18 heavy (non-hydrogen) atoms. The molecule has 3 heteroatoms. The van der Waals surface area contributed by atoms with Crippen molar-refractivity contribution in [2.75, 3.05) is 13.1 Å². The van der Waals surface area contributed by atoms with Crippen LogP contribution in [-0.2, 0) is 5.60 Å². The van der Waals surface area contributed by atoms with Crippen LogP contribution in [0.4, 0.5) is 0 Å². The molecule has 98 valence electrons. The fraction of sp³-hybridized carbons (Fsp3) is 0.533. The van der Waals surface area contributed by atoms with E-state index in [1.807, 2.05) is 37.3 Å². The van der Waals surface area contributed by atoms with Crippen molar-refractivity contribution < 1.29 is 5.11 Å². The molecule has 1 heterocycles. The summed E-state index contributed by atoms with van der Waals surface area (Å²) in [7, 11) is 0. The fourth-order valence-electron chi connectivity index (χ4n) is 2.48. The van der Waals surface area contributed by atoms with E-state index in [4.69, 9.17) is 0 Å². The molecule has 0 aliphatic carbocycles.